The Morgan fingerprint density at radius 1 is 1.38 bits per heavy atom. The average molecular weight is 302 g/mol. The molecule has 0 spiro atoms. The number of fused-ring (bicyclic) bond motifs is 1. The third-order valence-corrected chi connectivity index (χ3v) is 5.21. The van der Waals surface area contributed by atoms with Gasteiger partial charge in [-0.2, -0.15) is 11.8 Å². The third-order valence-electron chi connectivity index (χ3n) is 4.04. The number of pyridine rings is 1. The molecule has 2 N–H and O–H groups in total. The number of carboxylic acids is 1. The van der Waals surface area contributed by atoms with E-state index in [1.165, 1.54) is 12.8 Å². The van der Waals surface area contributed by atoms with Crippen molar-refractivity contribution in [2.24, 2.45) is 0 Å². The number of benzene rings is 1. The van der Waals surface area contributed by atoms with Crippen LogP contribution in [-0.4, -0.2) is 33.6 Å². The molecule has 1 saturated carbocycles. The van der Waals surface area contributed by atoms with Crippen LogP contribution in [0.2, 0.25) is 0 Å². The van der Waals surface area contributed by atoms with Crippen molar-refractivity contribution in [3.8, 4) is 0 Å². The van der Waals surface area contributed by atoms with Gasteiger partial charge < -0.3 is 10.4 Å². The molecule has 2 aromatic rings. The van der Waals surface area contributed by atoms with Gasteiger partial charge in [-0.05, 0) is 30.6 Å². The summed E-state index contributed by atoms with van der Waals surface area (Å²) in [6.07, 6.45) is 5.65. The number of anilines is 1. The van der Waals surface area contributed by atoms with E-state index in [1.54, 1.807) is 6.07 Å². The monoisotopic (exact) mass is 302 g/mol. The number of aromatic nitrogens is 1. The minimum atomic E-state index is -0.989. The highest BCUT2D eigenvalue weighted by atomic mass is 32.2. The van der Waals surface area contributed by atoms with Gasteiger partial charge in [0.25, 0.3) is 0 Å². The number of aromatic carboxylic acids is 1. The lowest BCUT2D eigenvalue weighted by Crippen LogP contribution is -2.26. The van der Waals surface area contributed by atoms with Crippen LogP contribution < -0.4 is 5.32 Å². The molecule has 2 atom stereocenters. The summed E-state index contributed by atoms with van der Waals surface area (Å²) in [5.74, 6) is -0.298. The Kier molecular flexibility index (Phi) is 4.01. The lowest BCUT2D eigenvalue weighted by molar-refractivity contribution is 0.0691. The Hall–Kier alpha value is -1.75. The zero-order chi connectivity index (χ0) is 14.8. The summed E-state index contributed by atoms with van der Waals surface area (Å²) in [5, 5.41) is 15.2. The molecule has 0 radical (unpaired) electrons. The van der Waals surface area contributed by atoms with Crippen LogP contribution in [0.1, 0.15) is 29.8 Å². The second kappa shape index (κ2) is 5.93. The molecule has 0 aliphatic heterocycles. The van der Waals surface area contributed by atoms with Gasteiger partial charge in [-0.1, -0.05) is 30.7 Å². The molecule has 1 aromatic heterocycles. The quantitative estimate of drug-likeness (QED) is 0.903. The van der Waals surface area contributed by atoms with Gasteiger partial charge in [-0.15, -0.1) is 0 Å². The molecule has 0 bridgehead atoms. The Morgan fingerprint density at radius 2 is 2.19 bits per heavy atom. The van der Waals surface area contributed by atoms with Gasteiger partial charge in [0.1, 0.15) is 5.82 Å². The Labute approximate surface area is 128 Å². The van der Waals surface area contributed by atoms with Crippen LogP contribution in [0.3, 0.4) is 0 Å². The number of nitrogens with zero attached hydrogens (tertiary/aromatic N) is 1. The summed E-state index contributed by atoms with van der Waals surface area (Å²) in [5.41, 5.74) is 0.0925. The first kappa shape index (κ1) is 14.2. The molecule has 0 saturated heterocycles. The molecule has 4 nitrogen and oxygen atoms in total. The highest BCUT2D eigenvalue weighted by molar-refractivity contribution is 7.99. The molecule has 1 heterocycles. The van der Waals surface area contributed by atoms with Crippen molar-refractivity contribution in [1.29, 1.82) is 0 Å². The first-order valence-electron chi connectivity index (χ1n) is 7.11. The zero-order valence-electron chi connectivity index (χ0n) is 11.9. The van der Waals surface area contributed by atoms with Crippen LogP contribution in [0.5, 0.6) is 0 Å². The molecule has 1 aromatic carbocycles. The minimum absolute atomic E-state index is 0.0925. The van der Waals surface area contributed by atoms with Crippen LogP contribution >= 0.6 is 11.8 Å². The van der Waals surface area contributed by atoms with Crippen LogP contribution in [-0.2, 0) is 0 Å². The number of hydrogen-bond acceptors (Lipinski definition) is 4. The third kappa shape index (κ3) is 2.83. The molecule has 3 rings (SSSR count). The van der Waals surface area contributed by atoms with E-state index in [-0.39, 0.29) is 5.69 Å². The summed E-state index contributed by atoms with van der Waals surface area (Å²) < 4.78 is 0. The Balaban J connectivity index is 2.01. The number of rotatable bonds is 4. The molecule has 1 aliphatic rings. The molecular weight excluding hydrogens is 284 g/mol. The van der Waals surface area contributed by atoms with Gasteiger partial charge >= 0.3 is 5.97 Å². The summed E-state index contributed by atoms with van der Waals surface area (Å²) in [7, 11) is 0. The number of carbonyl (C=O) groups is 1. The van der Waals surface area contributed by atoms with E-state index in [0.717, 1.165) is 17.2 Å². The van der Waals surface area contributed by atoms with Gasteiger partial charge in [-0.25, -0.2) is 9.78 Å². The van der Waals surface area contributed by atoms with Crippen LogP contribution in [0.15, 0.2) is 30.3 Å². The normalized spacial score (nSPS) is 21.6. The zero-order valence-corrected chi connectivity index (χ0v) is 12.7. The number of hydrogen-bond donors (Lipinski definition) is 2. The lowest BCUT2D eigenvalue weighted by atomic mass is 10.1. The number of thioether (sulfide) groups is 1. The van der Waals surface area contributed by atoms with Gasteiger partial charge in [-0.3, -0.25) is 0 Å². The van der Waals surface area contributed by atoms with Crippen molar-refractivity contribution in [1.82, 2.24) is 4.98 Å². The maximum Gasteiger partial charge on any atom is 0.354 e. The second-order valence-electron chi connectivity index (χ2n) is 5.34. The molecule has 21 heavy (non-hydrogen) atoms. The van der Waals surface area contributed by atoms with Gasteiger partial charge in [0.05, 0.1) is 0 Å². The predicted octanol–water partition coefficient (Wildman–Crippen LogP) is 3.63. The largest absolute Gasteiger partial charge is 0.477 e. The van der Waals surface area contributed by atoms with E-state index in [1.807, 2.05) is 36.0 Å². The maximum atomic E-state index is 11.3. The van der Waals surface area contributed by atoms with Crippen LogP contribution in [0.4, 0.5) is 5.82 Å². The van der Waals surface area contributed by atoms with E-state index in [0.29, 0.717) is 17.1 Å². The summed E-state index contributed by atoms with van der Waals surface area (Å²) in [6.45, 7) is 0. The second-order valence-corrected chi connectivity index (χ2v) is 6.42. The Morgan fingerprint density at radius 3 is 2.95 bits per heavy atom. The summed E-state index contributed by atoms with van der Waals surface area (Å²) in [4.78, 5) is 15.6. The smallest absolute Gasteiger partial charge is 0.354 e. The highest BCUT2D eigenvalue weighted by Gasteiger charge is 2.27. The fraction of sp³-hybridized carbons (Fsp3) is 0.375. The summed E-state index contributed by atoms with van der Waals surface area (Å²) in [6, 6.07) is 9.77. The van der Waals surface area contributed by atoms with Crippen LogP contribution in [0.25, 0.3) is 10.8 Å². The highest BCUT2D eigenvalue weighted by Crippen LogP contribution is 2.32. The van der Waals surface area contributed by atoms with Crippen molar-refractivity contribution in [3.05, 3.63) is 36.0 Å². The fourth-order valence-corrected chi connectivity index (χ4v) is 3.90. The molecule has 0 amide bonds. The predicted molar refractivity (Wildman–Crippen MR) is 87.3 cm³/mol. The molecule has 110 valence electrons. The summed E-state index contributed by atoms with van der Waals surface area (Å²) >= 11 is 1.87. The average Bonchev–Trinajstić information content (AvgIpc) is 2.94. The van der Waals surface area contributed by atoms with E-state index in [2.05, 4.69) is 16.6 Å². The van der Waals surface area contributed by atoms with E-state index < -0.39 is 5.97 Å². The molecule has 1 aliphatic carbocycles. The first-order chi connectivity index (χ1) is 10.2. The standard InChI is InChI=1S/C16H18N2O2S/c1-21-14-8-4-7-12(14)17-15-11-6-3-2-5-10(11)9-13(18-15)16(19)20/h2-3,5-6,9,12,14H,4,7-8H2,1H3,(H,17,18)(H,19,20). The lowest BCUT2D eigenvalue weighted by Gasteiger charge is -2.21. The number of carboxylic acid groups (broad SMARTS) is 1. The van der Waals surface area contributed by atoms with Crippen LogP contribution in [0, 0.1) is 0 Å². The maximum absolute atomic E-state index is 11.3. The van der Waals surface area contributed by atoms with Crippen molar-refractivity contribution in [3.63, 3.8) is 0 Å². The van der Waals surface area contributed by atoms with Gasteiger partial charge in [0, 0.05) is 16.7 Å². The topological polar surface area (TPSA) is 62.2 Å². The first-order valence-corrected chi connectivity index (χ1v) is 8.40. The molecular formula is C16H18N2O2S. The molecule has 1 fully saturated rings. The van der Waals surface area contributed by atoms with Crippen molar-refractivity contribution < 1.29 is 9.90 Å². The molecule has 2 unspecified atom stereocenters. The van der Waals surface area contributed by atoms with E-state index in [4.69, 9.17) is 0 Å². The van der Waals surface area contributed by atoms with E-state index in [9.17, 15) is 9.90 Å². The minimum Gasteiger partial charge on any atom is -0.477 e. The Bertz CT molecular complexity index is 674. The van der Waals surface area contributed by atoms with Crippen molar-refractivity contribution in [2.45, 2.75) is 30.6 Å². The van der Waals surface area contributed by atoms with Gasteiger partial charge in [0.15, 0.2) is 5.69 Å². The van der Waals surface area contributed by atoms with Crippen molar-refractivity contribution in [2.75, 3.05) is 11.6 Å². The molecule has 5 heteroatoms. The number of nitrogens with one attached hydrogen (secondary N) is 1. The van der Waals surface area contributed by atoms with E-state index >= 15 is 0 Å². The van der Waals surface area contributed by atoms with Gasteiger partial charge in [0.2, 0.25) is 0 Å². The van der Waals surface area contributed by atoms with Crippen molar-refractivity contribution >= 4 is 34.3 Å². The fourth-order valence-electron chi connectivity index (χ4n) is 2.97. The SMILES string of the molecule is CSC1CCCC1Nc1nc(C(=O)O)cc2ccccc12.